The molecule has 1 aliphatic carbocycles. The summed E-state index contributed by atoms with van der Waals surface area (Å²) in [6.07, 6.45) is 5.94. The minimum absolute atomic E-state index is 0.193. The molecular weight excluding hydrogens is 330 g/mol. The van der Waals surface area contributed by atoms with E-state index >= 15 is 0 Å². The second-order valence-electron chi connectivity index (χ2n) is 6.35. The molecule has 0 radical (unpaired) electrons. The van der Waals surface area contributed by atoms with Gasteiger partial charge in [0.05, 0.1) is 26.4 Å². The topological polar surface area (TPSA) is 48.0 Å². The molecule has 1 unspecified atom stereocenters. The molecule has 1 heterocycles. The zero-order chi connectivity index (χ0) is 16.9. The first-order chi connectivity index (χ1) is 11.7. The van der Waals surface area contributed by atoms with Crippen LogP contribution in [0.3, 0.4) is 0 Å². The van der Waals surface area contributed by atoms with Gasteiger partial charge >= 0.3 is 5.37 Å². The van der Waals surface area contributed by atoms with Crippen molar-refractivity contribution in [3.05, 3.63) is 23.8 Å². The number of morpholine rings is 1. The lowest BCUT2D eigenvalue weighted by molar-refractivity contribution is -0.0121. The van der Waals surface area contributed by atoms with Gasteiger partial charge in [0, 0.05) is 6.54 Å². The fourth-order valence-electron chi connectivity index (χ4n) is 3.36. The van der Waals surface area contributed by atoms with Crippen molar-refractivity contribution in [1.29, 1.82) is 0 Å². The van der Waals surface area contributed by atoms with Crippen molar-refractivity contribution >= 4 is 17.0 Å². The van der Waals surface area contributed by atoms with Gasteiger partial charge in [0.15, 0.2) is 11.5 Å². The lowest BCUT2D eigenvalue weighted by Gasteiger charge is -2.32. The van der Waals surface area contributed by atoms with Crippen LogP contribution >= 0.6 is 11.6 Å². The summed E-state index contributed by atoms with van der Waals surface area (Å²) in [5.74, 6) is 1.48. The lowest BCUT2D eigenvalue weighted by Crippen LogP contribution is -2.39. The Balaban J connectivity index is 1.76. The molecule has 1 aromatic carbocycles. The summed E-state index contributed by atoms with van der Waals surface area (Å²) in [5, 5.41) is -0.435. The molecule has 1 atom stereocenters. The van der Waals surface area contributed by atoms with Crippen molar-refractivity contribution in [3.63, 3.8) is 0 Å². The van der Waals surface area contributed by atoms with E-state index in [-0.39, 0.29) is 12.2 Å². The van der Waals surface area contributed by atoms with Gasteiger partial charge in [0.25, 0.3) is 0 Å². The number of rotatable bonds is 4. The molecule has 0 N–H and O–H groups in total. The molecule has 3 rings (SSSR count). The van der Waals surface area contributed by atoms with Crippen LogP contribution in [0.5, 0.6) is 11.5 Å². The van der Waals surface area contributed by atoms with Crippen LogP contribution in [0.1, 0.15) is 43.8 Å². The highest BCUT2D eigenvalue weighted by molar-refractivity contribution is 6.62. The van der Waals surface area contributed by atoms with Crippen LogP contribution < -0.4 is 9.47 Å². The van der Waals surface area contributed by atoms with Crippen LogP contribution in [0.15, 0.2) is 18.2 Å². The number of methoxy groups -OCH3 is 1. The van der Waals surface area contributed by atoms with Gasteiger partial charge < -0.3 is 19.1 Å². The number of hydrogen-bond donors (Lipinski definition) is 0. The van der Waals surface area contributed by atoms with E-state index < -0.39 is 5.37 Å². The van der Waals surface area contributed by atoms with Crippen LogP contribution in [0, 0.1) is 0 Å². The van der Waals surface area contributed by atoms with Gasteiger partial charge in [-0.15, -0.1) is 0 Å². The van der Waals surface area contributed by atoms with Crippen molar-refractivity contribution in [2.45, 2.75) is 44.3 Å². The van der Waals surface area contributed by atoms with Crippen LogP contribution in [0.25, 0.3) is 0 Å². The third-order valence-corrected chi connectivity index (χ3v) is 4.96. The van der Waals surface area contributed by atoms with E-state index in [1.165, 1.54) is 19.3 Å². The molecule has 1 amide bonds. The summed E-state index contributed by atoms with van der Waals surface area (Å²) in [7, 11) is 1.65. The Hall–Kier alpha value is -1.46. The molecule has 1 saturated heterocycles. The van der Waals surface area contributed by atoms with E-state index in [9.17, 15) is 4.79 Å². The second kappa shape index (κ2) is 8.08. The third-order valence-electron chi connectivity index (χ3n) is 4.72. The van der Waals surface area contributed by atoms with Crippen molar-refractivity contribution in [1.82, 2.24) is 4.90 Å². The molecule has 132 valence electrons. The SMILES string of the molecule is COc1ccc(C2CN(C(=O)Cl)CCO2)cc1OC1CCCCC1. The van der Waals surface area contributed by atoms with Crippen molar-refractivity contribution in [2.75, 3.05) is 26.8 Å². The van der Waals surface area contributed by atoms with E-state index in [4.69, 9.17) is 25.8 Å². The van der Waals surface area contributed by atoms with Gasteiger partial charge in [-0.2, -0.15) is 0 Å². The Morgan fingerprint density at radius 3 is 2.75 bits per heavy atom. The number of benzene rings is 1. The minimum atomic E-state index is -0.435. The van der Waals surface area contributed by atoms with Gasteiger partial charge in [-0.25, -0.2) is 0 Å². The normalized spacial score (nSPS) is 22.2. The number of hydrogen-bond acceptors (Lipinski definition) is 4. The highest BCUT2D eigenvalue weighted by atomic mass is 35.5. The largest absolute Gasteiger partial charge is 0.493 e. The molecule has 1 aliphatic heterocycles. The predicted molar refractivity (Wildman–Crippen MR) is 92.0 cm³/mol. The summed E-state index contributed by atoms with van der Waals surface area (Å²) >= 11 is 5.60. The maximum Gasteiger partial charge on any atom is 0.316 e. The zero-order valence-electron chi connectivity index (χ0n) is 14.0. The lowest BCUT2D eigenvalue weighted by atomic mass is 9.97. The number of amides is 1. The summed E-state index contributed by atoms with van der Waals surface area (Å²) < 4.78 is 17.4. The van der Waals surface area contributed by atoms with E-state index in [0.717, 1.165) is 29.9 Å². The number of carbonyl (C=O) groups is 1. The first-order valence-corrected chi connectivity index (χ1v) is 8.96. The van der Waals surface area contributed by atoms with Gasteiger partial charge in [-0.1, -0.05) is 12.5 Å². The Bertz CT molecular complexity index is 574. The van der Waals surface area contributed by atoms with E-state index in [2.05, 4.69) is 0 Å². The van der Waals surface area contributed by atoms with Crippen molar-refractivity contribution in [2.24, 2.45) is 0 Å². The minimum Gasteiger partial charge on any atom is -0.493 e. The second-order valence-corrected chi connectivity index (χ2v) is 6.67. The van der Waals surface area contributed by atoms with Gasteiger partial charge in [0.2, 0.25) is 0 Å². The van der Waals surface area contributed by atoms with Crippen molar-refractivity contribution in [3.8, 4) is 11.5 Å². The molecule has 5 nitrogen and oxygen atoms in total. The summed E-state index contributed by atoms with van der Waals surface area (Å²) in [6, 6.07) is 5.83. The number of ether oxygens (including phenoxy) is 3. The fraction of sp³-hybridized carbons (Fsp3) is 0.611. The van der Waals surface area contributed by atoms with Crippen LogP contribution in [-0.4, -0.2) is 43.2 Å². The first kappa shape index (κ1) is 17.4. The highest BCUT2D eigenvalue weighted by Gasteiger charge is 2.26. The fourth-order valence-corrected chi connectivity index (χ4v) is 3.51. The predicted octanol–water partition coefficient (Wildman–Crippen LogP) is 4.14. The molecule has 1 aromatic rings. The van der Waals surface area contributed by atoms with Gasteiger partial charge in [0.1, 0.15) is 6.10 Å². The molecule has 24 heavy (non-hydrogen) atoms. The Morgan fingerprint density at radius 1 is 1.25 bits per heavy atom. The Kier molecular flexibility index (Phi) is 5.85. The molecule has 0 aromatic heterocycles. The standard InChI is InChI=1S/C18H24ClNO4/c1-22-15-8-7-13(17-12-20(18(19)21)9-10-23-17)11-16(15)24-14-5-3-2-4-6-14/h7-8,11,14,17H,2-6,9-10,12H2,1H3. The molecular formula is C18H24ClNO4. The number of halogens is 1. The Labute approximate surface area is 147 Å². The van der Waals surface area contributed by atoms with Crippen LogP contribution in [0.2, 0.25) is 0 Å². The van der Waals surface area contributed by atoms with Gasteiger partial charge in [-0.3, -0.25) is 4.79 Å². The molecule has 0 spiro atoms. The molecule has 2 fully saturated rings. The number of carbonyl (C=O) groups excluding carboxylic acids is 1. The summed E-state index contributed by atoms with van der Waals surface area (Å²) in [5.41, 5.74) is 0.976. The quantitative estimate of drug-likeness (QED) is 0.603. The van der Waals surface area contributed by atoms with E-state index in [0.29, 0.717) is 19.7 Å². The first-order valence-electron chi connectivity index (χ1n) is 8.58. The number of nitrogens with zero attached hydrogens (tertiary/aromatic N) is 1. The molecule has 0 bridgehead atoms. The third kappa shape index (κ3) is 4.14. The van der Waals surface area contributed by atoms with E-state index in [1.807, 2.05) is 18.2 Å². The Morgan fingerprint density at radius 2 is 2.04 bits per heavy atom. The van der Waals surface area contributed by atoms with Gasteiger partial charge in [-0.05, 0) is 55.0 Å². The average Bonchev–Trinajstić information content (AvgIpc) is 2.62. The highest BCUT2D eigenvalue weighted by Crippen LogP contribution is 2.35. The summed E-state index contributed by atoms with van der Waals surface area (Å²) in [6.45, 7) is 1.46. The zero-order valence-corrected chi connectivity index (χ0v) is 14.8. The monoisotopic (exact) mass is 353 g/mol. The maximum atomic E-state index is 11.4. The molecule has 6 heteroatoms. The van der Waals surface area contributed by atoms with Crippen LogP contribution in [-0.2, 0) is 4.74 Å². The molecule has 2 aliphatic rings. The maximum absolute atomic E-state index is 11.4. The molecule has 1 saturated carbocycles. The average molecular weight is 354 g/mol. The summed E-state index contributed by atoms with van der Waals surface area (Å²) in [4.78, 5) is 13.0. The van der Waals surface area contributed by atoms with Crippen LogP contribution in [0.4, 0.5) is 4.79 Å². The van der Waals surface area contributed by atoms with E-state index in [1.54, 1.807) is 12.0 Å². The smallest absolute Gasteiger partial charge is 0.316 e. The van der Waals surface area contributed by atoms with Crippen molar-refractivity contribution < 1.29 is 19.0 Å².